The summed E-state index contributed by atoms with van der Waals surface area (Å²) in [6, 6.07) is 71.4. The van der Waals surface area contributed by atoms with Gasteiger partial charge in [0.2, 0.25) is 0 Å². The Bertz CT molecular complexity index is 3170. The zero-order valence-electron chi connectivity index (χ0n) is 30.3. The van der Waals surface area contributed by atoms with E-state index in [-0.39, 0.29) is 0 Å². The quantitative estimate of drug-likeness (QED) is 0.170. The fourth-order valence-electron chi connectivity index (χ4n) is 8.12. The van der Waals surface area contributed by atoms with Gasteiger partial charge in [0.15, 0.2) is 5.82 Å². The summed E-state index contributed by atoms with van der Waals surface area (Å²) in [6.07, 6.45) is 0. The van der Waals surface area contributed by atoms with Crippen LogP contribution in [0.3, 0.4) is 0 Å². The van der Waals surface area contributed by atoms with Gasteiger partial charge < -0.3 is 4.57 Å². The molecule has 0 N–H and O–H groups in total. The molecule has 0 atom stereocenters. The predicted octanol–water partition coefficient (Wildman–Crippen LogP) is 14.3. The molecule has 0 fully saturated rings. The van der Waals surface area contributed by atoms with Crippen LogP contribution in [0.15, 0.2) is 200 Å². The molecule has 8 aromatic carbocycles. The first-order valence-corrected chi connectivity index (χ1v) is 19.7. The average molecular weight is 732 g/mol. The summed E-state index contributed by atoms with van der Waals surface area (Å²) in [4.78, 5) is 10.1. The lowest BCUT2D eigenvalue weighted by molar-refractivity contribution is 1.16. The topological polar surface area (TPSA) is 30.7 Å². The van der Waals surface area contributed by atoms with Crippen LogP contribution in [0.4, 0.5) is 0 Å². The maximum atomic E-state index is 5.06. The molecule has 0 saturated heterocycles. The molecule has 56 heavy (non-hydrogen) atoms. The van der Waals surface area contributed by atoms with Crippen molar-refractivity contribution < 1.29 is 0 Å². The minimum Gasteiger partial charge on any atom is -0.309 e. The van der Waals surface area contributed by atoms with E-state index in [9.17, 15) is 0 Å². The molecule has 0 amide bonds. The molecule has 0 aliphatic carbocycles. The molecule has 3 heterocycles. The van der Waals surface area contributed by atoms with E-state index >= 15 is 0 Å². The Balaban J connectivity index is 0.987. The van der Waals surface area contributed by atoms with E-state index in [1.807, 2.05) is 47.7 Å². The Morgan fingerprint density at radius 3 is 1.70 bits per heavy atom. The van der Waals surface area contributed by atoms with Crippen molar-refractivity contribution in [1.29, 1.82) is 0 Å². The molecular formula is C52H33N3S. The first kappa shape index (κ1) is 32.3. The summed E-state index contributed by atoms with van der Waals surface area (Å²) in [7, 11) is 0. The molecule has 0 bridgehead atoms. The van der Waals surface area contributed by atoms with Gasteiger partial charge in [0.05, 0.1) is 22.4 Å². The molecule has 0 spiro atoms. The highest BCUT2D eigenvalue weighted by atomic mass is 32.1. The standard InChI is InChI=1S/C52H33N3S/c1-3-13-34(14-4-1)46-33-47(35-15-5-2-6-16-35)54-52(53-46)36-25-28-40(29-26-36)55-48-23-9-7-19-42(48)45-32-38(27-30-49(45)55)37-17-11-18-39(31-37)41-21-12-22-44-43-20-8-10-24-50(43)56-51(41)44/h1-33H. The van der Waals surface area contributed by atoms with Crippen molar-refractivity contribution in [1.82, 2.24) is 14.5 Å². The van der Waals surface area contributed by atoms with Crippen molar-refractivity contribution >= 4 is 53.3 Å². The average Bonchev–Trinajstić information content (AvgIpc) is 3.83. The van der Waals surface area contributed by atoms with Gasteiger partial charge in [0.25, 0.3) is 0 Å². The lowest BCUT2D eigenvalue weighted by Gasteiger charge is -2.11. The highest BCUT2D eigenvalue weighted by Crippen LogP contribution is 2.41. The van der Waals surface area contributed by atoms with Crippen molar-refractivity contribution in [3.8, 4) is 61.8 Å². The number of hydrogen-bond acceptors (Lipinski definition) is 3. The van der Waals surface area contributed by atoms with Crippen LogP contribution in [0, 0.1) is 0 Å². The van der Waals surface area contributed by atoms with Gasteiger partial charge >= 0.3 is 0 Å². The summed E-state index contributed by atoms with van der Waals surface area (Å²) in [6.45, 7) is 0. The monoisotopic (exact) mass is 731 g/mol. The minimum atomic E-state index is 0.703. The third kappa shape index (κ3) is 5.50. The van der Waals surface area contributed by atoms with Gasteiger partial charge in [0, 0.05) is 53.3 Å². The summed E-state index contributed by atoms with van der Waals surface area (Å²) in [5.74, 6) is 0.703. The van der Waals surface area contributed by atoms with Gasteiger partial charge in [0.1, 0.15) is 0 Å². The van der Waals surface area contributed by atoms with Gasteiger partial charge in [-0.1, -0.05) is 140 Å². The summed E-state index contributed by atoms with van der Waals surface area (Å²) in [5, 5.41) is 5.10. The molecule has 262 valence electrons. The number of rotatable bonds is 6. The van der Waals surface area contributed by atoms with E-state index < -0.39 is 0 Å². The molecule has 4 heteroatoms. The number of thiophene rings is 1. The second kappa shape index (κ2) is 13.3. The molecule has 11 rings (SSSR count). The molecule has 0 unspecified atom stereocenters. The second-order valence-corrected chi connectivity index (χ2v) is 15.2. The third-order valence-corrected chi connectivity index (χ3v) is 12.1. The van der Waals surface area contributed by atoms with Gasteiger partial charge in [-0.15, -0.1) is 11.3 Å². The highest BCUT2D eigenvalue weighted by Gasteiger charge is 2.16. The van der Waals surface area contributed by atoms with Crippen LogP contribution in [0.2, 0.25) is 0 Å². The maximum Gasteiger partial charge on any atom is 0.160 e. The van der Waals surface area contributed by atoms with Crippen LogP contribution < -0.4 is 0 Å². The molecule has 3 nitrogen and oxygen atoms in total. The largest absolute Gasteiger partial charge is 0.309 e. The summed E-state index contributed by atoms with van der Waals surface area (Å²) >= 11 is 1.88. The Kier molecular flexibility index (Phi) is 7.68. The molecule has 11 aromatic rings. The highest BCUT2D eigenvalue weighted by molar-refractivity contribution is 7.26. The SMILES string of the molecule is c1ccc(-c2cc(-c3ccccc3)nc(-c3ccc(-n4c5ccccc5c5cc(-c6cccc(-c7cccc8c7sc7ccccc78)c6)ccc54)cc3)n2)cc1. The lowest BCUT2D eigenvalue weighted by atomic mass is 9.97. The van der Waals surface area contributed by atoms with E-state index in [2.05, 4.69) is 168 Å². The molecule has 0 aliphatic rings. The van der Waals surface area contributed by atoms with E-state index in [1.165, 1.54) is 64.2 Å². The van der Waals surface area contributed by atoms with Crippen molar-refractivity contribution in [2.75, 3.05) is 0 Å². The fourth-order valence-corrected chi connectivity index (χ4v) is 9.36. The van der Waals surface area contributed by atoms with Crippen molar-refractivity contribution in [3.63, 3.8) is 0 Å². The minimum absolute atomic E-state index is 0.703. The van der Waals surface area contributed by atoms with Crippen LogP contribution in [-0.2, 0) is 0 Å². The van der Waals surface area contributed by atoms with E-state index in [1.54, 1.807) is 0 Å². The lowest BCUT2D eigenvalue weighted by Crippen LogP contribution is -1.97. The van der Waals surface area contributed by atoms with Crippen LogP contribution in [0.25, 0.3) is 104 Å². The van der Waals surface area contributed by atoms with Gasteiger partial charge in [-0.3, -0.25) is 0 Å². The van der Waals surface area contributed by atoms with Gasteiger partial charge in [-0.2, -0.15) is 0 Å². The molecule has 0 aliphatic heterocycles. The van der Waals surface area contributed by atoms with E-state index in [4.69, 9.17) is 9.97 Å². The van der Waals surface area contributed by atoms with Crippen LogP contribution in [0.1, 0.15) is 0 Å². The Hall–Kier alpha value is -7.14. The zero-order valence-corrected chi connectivity index (χ0v) is 31.1. The fraction of sp³-hybridized carbons (Fsp3) is 0. The summed E-state index contributed by atoms with van der Waals surface area (Å²) in [5.41, 5.74) is 13.3. The summed E-state index contributed by atoms with van der Waals surface area (Å²) < 4.78 is 5.03. The number of aromatic nitrogens is 3. The molecular weight excluding hydrogens is 699 g/mol. The third-order valence-electron chi connectivity index (χ3n) is 10.8. The van der Waals surface area contributed by atoms with Crippen LogP contribution >= 0.6 is 11.3 Å². The van der Waals surface area contributed by atoms with Gasteiger partial charge in [-0.25, -0.2) is 9.97 Å². The van der Waals surface area contributed by atoms with E-state index in [0.717, 1.165) is 33.8 Å². The first-order valence-electron chi connectivity index (χ1n) is 18.9. The smallest absolute Gasteiger partial charge is 0.160 e. The number of hydrogen-bond donors (Lipinski definition) is 0. The molecule has 3 aromatic heterocycles. The van der Waals surface area contributed by atoms with Crippen molar-refractivity contribution in [2.45, 2.75) is 0 Å². The Labute approximate surface area is 328 Å². The van der Waals surface area contributed by atoms with Crippen LogP contribution in [0.5, 0.6) is 0 Å². The first-order chi connectivity index (χ1) is 27.7. The molecule has 0 saturated carbocycles. The number of benzene rings is 8. The normalized spacial score (nSPS) is 11.6. The maximum absolute atomic E-state index is 5.06. The number of fused-ring (bicyclic) bond motifs is 6. The van der Waals surface area contributed by atoms with E-state index in [0.29, 0.717) is 5.82 Å². The number of para-hydroxylation sites is 1. The predicted molar refractivity (Wildman–Crippen MR) is 236 cm³/mol. The number of nitrogens with zero attached hydrogens (tertiary/aromatic N) is 3. The second-order valence-electron chi connectivity index (χ2n) is 14.2. The Morgan fingerprint density at radius 1 is 0.357 bits per heavy atom. The molecule has 0 radical (unpaired) electrons. The van der Waals surface area contributed by atoms with Crippen molar-refractivity contribution in [3.05, 3.63) is 200 Å². The van der Waals surface area contributed by atoms with Gasteiger partial charge in [-0.05, 0) is 82.9 Å². The van der Waals surface area contributed by atoms with Crippen molar-refractivity contribution in [2.24, 2.45) is 0 Å². The van der Waals surface area contributed by atoms with Crippen LogP contribution in [-0.4, -0.2) is 14.5 Å². The zero-order chi connectivity index (χ0) is 37.0. The Morgan fingerprint density at radius 2 is 0.929 bits per heavy atom.